The van der Waals surface area contributed by atoms with Crippen molar-refractivity contribution in [3.05, 3.63) is 59.9 Å². The number of esters is 1. The van der Waals surface area contributed by atoms with Gasteiger partial charge < -0.3 is 15.2 Å². The number of rotatable bonds is 4. The molecule has 0 bridgehead atoms. The Morgan fingerprint density at radius 2 is 1.77 bits per heavy atom. The Morgan fingerprint density at radius 1 is 1.14 bits per heavy atom. The third-order valence-corrected chi connectivity index (χ3v) is 2.89. The number of nitrogens with one attached hydrogen (secondary N) is 1. The van der Waals surface area contributed by atoms with Gasteiger partial charge in [0.25, 0.3) is 5.91 Å². The van der Waals surface area contributed by atoms with Crippen LogP contribution in [0.3, 0.4) is 0 Å². The van der Waals surface area contributed by atoms with Gasteiger partial charge in [0.1, 0.15) is 17.1 Å². The normalized spacial score (nSPS) is 11.5. The standard InChI is InChI=1S/C16H14FNO4/c1-10(15(20)18-12-8-6-11(17)7-9-12)22-16(21)13-4-2-3-5-14(13)19/h2-10,19H,1H3,(H,18,20). The zero-order chi connectivity index (χ0) is 16.1. The first-order chi connectivity index (χ1) is 10.5. The van der Waals surface area contributed by atoms with Crippen molar-refractivity contribution in [2.45, 2.75) is 13.0 Å². The molecule has 0 heterocycles. The van der Waals surface area contributed by atoms with Crippen LogP contribution < -0.4 is 5.32 Å². The van der Waals surface area contributed by atoms with Crippen LogP contribution in [0.5, 0.6) is 5.75 Å². The van der Waals surface area contributed by atoms with E-state index < -0.39 is 23.8 Å². The maximum atomic E-state index is 12.8. The quantitative estimate of drug-likeness (QED) is 0.852. The first-order valence-corrected chi connectivity index (χ1v) is 6.53. The van der Waals surface area contributed by atoms with Crippen LogP contribution in [0.2, 0.25) is 0 Å². The minimum Gasteiger partial charge on any atom is -0.507 e. The third kappa shape index (κ3) is 3.82. The Labute approximate surface area is 126 Å². The number of benzene rings is 2. The van der Waals surface area contributed by atoms with E-state index in [4.69, 9.17) is 4.74 Å². The van der Waals surface area contributed by atoms with Crippen molar-refractivity contribution in [3.8, 4) is 5.75 Å². The number of carbonyl (C=O) groups excluding carboxylic acids is 2. The van der Waals surface area contributed by atoms with Crippen molar-refractivity contribution in [1.82, 2.24) is 0 Å². The Balaban J connectivity index is 1.98. The summed E-state index contributed by atoms with van der Waals surface area (Å²) in [6.07, 6.45) is -1.07. The van der Waals surface area contributed by atoms with Gasteiger partial charge in [0, 0.05) is 5.69 Å². The second kappa shape index (κ2) is 6.71. The van der Waals surface area contributed by atoms with Crippen molar-refractivity contribution < 1.29 is 23.8 Å². The van der Waals surface area contributed by atoms with E-state index in [9.17, 15) is 19.1 Å². The SMILES string of the molecule is CC(OC(=O)c1ccccc1O)C(=O)Nc1ccc(F)cc1. The molecule has 0 saturated carbocycles. The highest BCUT2D eigenvalue weighted by atomic mass is 19.1. The summed E-state index contributed by atoms with van der Waals surface area (Å²) < 4.78 is 17.8. The molecule has 2 N–H and O–H groups in total. The van der Waals surface area contributed by atoms with E-state index in [0.29, 0.717) is 5.69 Å². The molecule has 0 aliphatic heterocycles. The van der Waals surface area contributed by atoms with Gasteiger partial charge in [-0.25, -0.2) is 9.18 Å². The Kier molecular flexibility index (Phi) is 4.73. The summed E-state index contributed by atoms with van der Waals surface area (Å²) in [4.78, 5) is 23.8. The molecule has 0 radical (unpaired) electrons. The summed E-state index contributed by atoms with van der Waals surface area (Å²) in [6, 6.07) is 11.1. The minimum atomic E-state index is -1.07. The van der Waals surface area contributed by atoms with Crippen LogP contribution >= 0.6 is 0 Å². The lowest BCUT2D eigenvalue weighted by Gasteiger charge is -2.14. The van der Waals surface area contributed by atoms with Gasteiger partial charge in [-0.1, -0.05) is 12.1 Å². The monoisotopic (exact) mass is 303 g/mol. The molecule has 1 atom stereocenters. The molecular formula is C16H14FNO4. The van der Waals surface area contributed by atoms with E-state index in [1.165, 1.54) is 43.3 Å². The molecular weight excluding hydrogens is 289 g/mol. The van der Waals surface area contributed by atoms with Crippen LogP contribution in [0.15, 0.2) is 48.5 Å². The topological polar surface area (TPSA) is 75.6 Å². The van der Waals surface area contributed by atoms with Crippen LogP contribution in [0.25, 0.3) is 0 Å². The highest BCUT2D eigenvalue weighted by molar-refractivity contribution is 5.98. The van der Waals surface area contributed by atoms with Crippen molar-refractivity contribution in [2.24, 2.45) is 0 Å². The number of hydrogen-bond donors (Lipinski definition) is 2. The summed E-state index contributed by atoms with van der Waals surface area (Å²) >= 11 is 0. The van der Waals surface area contributed by atoms with Crippen molar-refractivity contribution in [2.75, 3.05) is 5.32 Å². The van der Waals surface area contributed by atoms with Gasteiger partial charge in [0.05, 0.1) is 0 Å². The molecule has 1 unspecified atom stereocenters. The number of halogens is 1. The Bertz CT molecular complexity index is 685. The third-order valence-electron chi connectivity index (χ3n) is 2.89. The molecule has 0 saturated heterocycles. The smallest absolute Gasteiger partial charge is 0.342 e. The van der Waals surface area contributed by atoms with Crippen LogP contribution in [-0.4, -0.2) is 23.1 Å². The predicted octanol–water partition coefficient (Wildman–Crippen LogP) is 2.72. The van der Waals surface area contributed by atoms with E-state index in [2.05, 4.69) is 5.32 Å². The number of phenolic OH excluding ortho intramolecular Hbond substituents is 1. The van der Waals surface area contributed by atoms with Crippen molar-refractivity contribution >= 4 is 17.6 Å². The van der Waals surface area contributed by atoms with E-state index >= 15 is 0 Å². The first kappa shape index (κ1) is 15.5. The first-order valence-electron chi connectivity index (χ1n) is 6.53. The van der Waals surface area contributed by atoms with Crippen molar-refractivity contribution in [1.29, 1.82) is 0 Å². The van der Waals surface area contributed by atoms with Crippen LogP contribution in [0.4, 0.5) is 10.1 Å². The highest BCUT2D eigenvalue weighted by Crippen LogP contribution is 2.17. The summed E-state index contributed by atoms with van der Waals surface area (Å²) in [7, 11) is 0. The van der Waals surface area contributed by atoms with E-state index in [1.807, 2.05) is 0 Å². The number of ether oxygens (including phenoxy) is 1. The van der Waals surface area contributed by atoms with E-state index in [-0.39, 0.29) is 11.3 Å². The number of aromatic hydroxyl groups is 1. The van der Waals surface area contributed by atoms with Gasteiger partial charge in [0.15, 0.2) is 6.10 Å². The summed E-state index contributed by atoms with van der Waals surface area (Å²) in [6.45, 7) is 1.40. The number of amides is 1. The predicted molar refractivity (Wildman–Crippen MR) is 78.0 cm³/mol. The number of para-hydroxylation sites is 1. The molecule has 2 aromatic rings. The average molecular weight is 303 g/mol. The van der Waals surface area contributed by atoms with E-state index in [0.717, 1.165) is 0 Å². The molecule has 0 aromatic heterocycles. The van der Waals surface area contributed by atoms with E-state index in [1.54, 1.807) is 12.1 Å². The Morgan fingerprint density at radius 3 is 2.41 bits per heavy atom. The molecule has 22 heavy (non-hydrogen) atoms. The second-order valence-electron chi connectivity index (χ2n) is 4.56. The molecule has 2 rings (SSSR count). The van der Waals surface area contributed by atoms with Gasteiger partial charge in [0.2, 0.25) is 0 Å². The molecule has 0 aliphatic rings. The lowest BCUT2D eigenvalue weighted by molar-refractivity contribution is -0.123. The fourth-order valence-corrected chi connectivity index (χ4v) is 1.70. The molecule has 6 heteroatoms. The largest absolute Gasteiger partial charge is 0.507 e. The maximum absolute atomic E-state index is 12.8. The molecule has 0 aliphatic carbocycles. The van der Waals surface area contributed by atoms with Crippen LogP contribution in [0.1, 0.15) is 17.3 Å². The summed E-state index contributed by atoms with van der Waals surface area (Å²) in [5.74, 6) is -2.01. The van der Waals surface area contributed by atoms with Gasteiger partial charge in [-0.3, -0.25) is 4.79 Å². The zero-order valence-electron chi connectivity index (χ0n) is 11.7. The number of carbonyl (C=O) groups is 2. The number of anilines is 1. The van der Waals surface area contributed by atoms with Gasteiger partial charge in [-0.15, -0.1) is 0 Å². The highest BCUT2D eigenvalue weighted by Gasteiger charge is 2.20. The van der Waals surface area contributed by atoms with Crippen LogP contribution in [0, 0.1) is 5.82 Å². The Hall–Kier alpha value is -2.89. The molecule has 5 nitrogen and oxygen atoms in total. The van der Waals surface area contributed by atoms with Gasteiger partial charge >= 0.3 is 5.97 Å². The van der Waals surface area contributed by atoms with Gasteiger partial charge in [-0.2, -0.15) is 0 Å². The average Bonchev–Trinajstić information content (AvgIpc) is 2.49. The number of hydrogen-bond acceptors (Lipinski definition) is 4. The number of phenols is 1. The molecule has 114 valence electrons. The van der Waals surface area contributed by atoms with Crippen molar-refractivity contribution in [3.63, 3.8) is 0 Å². The minimum absolute atomic E-state index is 0.0241. The molecule has 0 spiro atoms. The maximum Gasteiger partial charge on any atom is 0.342 e. The zero-order valence-corrected chi connectivity index (χ0v) is 11.7. The summed E-state index contributed by atoms with van der Waals surface area (Å²) in [5, 5.41) is 12.1. The lowest BCUT2D eigenvalue weighted by atomic mass is 10.2. The lowest BCUT2D eigenvalue weighted by Crippen LogP contribution is -2.30. The fraction of sp³-hybridized carbons (Fsp3) is 0.125. The van der Waals surface area contributed by atoms with Crippen LogP contribution in [-0.2, 0) is 9.53 Å². The second-order valence-corrected chi connectivity index (χ2v) is 4.56. The molecule has 0 fully saturated rings. The van der Waals surface area contributed by atoms with Gasteiger partial charge in [-0.05, 0) is 43.3 Å². The summed E-state index contributed by atoms with van der Waals surface area (Å²) in [5.41, 5.74) is 0.362. The fourth-order valence-electron chi connectivity index (χ4n) is 1.70. The molecule has 2 aromatic carbocycles. The molecule has 1 amide bonds.